The van der Waals surface area contributed by atoms with Crippen LogP contribution in [0, 0.1) is 0 Å². The normalized spacial score (nSPS) is 19.4. The monoisotopic (exact) mass is 223 g/mol. The summed E-state index contributed by atoms with van der Waals surface area (Å²) >= 11 is 0. The van der Waals surface area contributed by atoms with Gasteiger partial charge in [0, 0.05) is 5.41 Å². The predicted octanol–water partition coefficient (Wildman–Crippen LogP) is 2.29. The van der Waals surface area contributed by atoms with Crippen molar-refractivity contribution in [3.05, 3.63) is 29.8 Å². The van der Waals surface area contributed by atoms with Gasteiger partial charge in [0.1, 0.15) is 5.75 Å². The first-order valence-electron chi connectivity index (χ1n) is 5.72. The standard InChI is InChI=1S/C13H18FNO/c1-16-12-4-2-3-11(9-12)13(10-14)5-7-15-8-6-13/h2-4,9,15H,5-8,10H2,1H3. The van der Waals surface area contributed by atoms with Crippen molar-refractivity contribution in [3.63, 3.8) is 0 Å². The average Bonchev–Trinajstić information content (AvgIpc) is 2.39. The summed E-state index contributed by atoms with van der Waals surface area (Å²) in [5, 5.41) is 3.27. The van der Waals surface area contributed by atoms with Gasteiger partial charge in [0.25, 0.3) is 0 Å². The molecule has 1 heterocycles. The highest BCUT2D eigenvalue weighted by atomic mass is 19.1. The smallest absolute Gasteiger partial charge is 0.119 e. The highest BCUT2D eigenvalue weighted by Crippen LogP contribution is 2.35. The molecule has 0 amide bonds. The molecule has 1 aliphatic heterocycles. The minimum atomic E-state index is -0.306. The number of rotatable bonds is 3. The van der Waals surface area contributed by atoms with Gasteiger partial charge in [-0.3, -0.25) is 4.39 Å². The minimum absolute atomic E-state index is 0.290. The van der Waals surface area contributed by atoms with Crippen LogP contribution in [0.5, 0.6) is 5.75 Å². The number of methoxy groups -OCH3 is 1. The largest absolute Gasteiger partial charge is 0.497 e. The Bertz CT molecular complexity index is 348. The lowest BCUT2D eigenvalue weighted by atomic mass is 9.74. The van der Waals surface area contributed by atoms with Crippen LogP contribution in [0.15, 0.2) is 24.3 Å². The summed E-state index contributed by atoms with van der Waals surface area (Å²) in [4.78, 5) is 0. The van der Waals surface area contributed by atoms with E-state index in [1.165, 1.54) is 0 Å². The van der Waals surface area contributed by atoms with Gasteiger partial charge in [-0.1, -0.05) is 12.1 Å². The molecule has 2 rings (SSSR count). The number of halogens is 1. The molecule has 0 aliphatic carbocycles. The van der Waals surface area contributed by atoms with Gasteiger partial charge >= 0.3 is 0 Å². The number of ether oxygens (including phenoxy) is 1. The predicted molar refractivity (Wildman–Crippen MR) is 62.8 cm³/mol. The highest BCUT2D eigenvalue weighted by molar-refractivity contribution is 5.34. The molecule has 1 aromatic rings. The highest BCUT2D eigenvalue weighted by Gasteiger charge is 2.34. The van der Waals surface area contributed by atoms with E-state index in [1.807, 2.05) is 24.3 Å². The molecule has 3 heteroatoms. The lowest BCUT2D eigenvalue weighted by molar-refractivity contribution is 0.236. The van der Waals surface area contributed by atoms with Gasteiger partial charge in [-0.05, 0) is 43.6 Å². The van der Waals surface area contributed by atoms with Crippen LogP contribution in [0.25, 0.3) is 0 Å². The van der Waals surface area contributed by atoms with Gasteiger partial charge in [0.15, 0.2) is 0 Å². The Hall–Kier alpha value is -1.09. The van der Waals surface area contributed by atoms with Crippen molar-refractivity contribution in [2.24, 2.45) is 0 Å². The molecular formula is C13H18FNO. The van der Waals surface area contributed by atoms with Gasteiger partial charge in [-0.25, -0.2) is 0 Å². The van der Waals surface area contributed by atoms with Crippen LogP contribution in [0.1, 0.15) is 18.4 Å². The summed E-state index contributed by atoms with van der Waals surface area (Å²) in [5.41, 5.74) is 0.760. The third-order valence-electron chi connectivity index (χ3n) is 3.50. The fraction of sp³-hybridized carbons (Fsp3) is 0.538. The number of hydrogen-bond acceptors (Lipinski definition) is 2. The van der Waals surface area contributed by atoms with E-state index in [4.69, 9.17) is 4.74 Å². The maximum Gasteiger partial charge on any atom is 0.119 e. The lowest BCUT2D eigenvalue weighted by Crippen LogP contribution is -2.41. The first-order valence-corrected chi connectivity index (χ1v) is 5.72. The van der Waals surface area contributed by atoms with Crippen LogP contribution in [0.2, 0.25) is 0 Å². The molecular weight excluding hydrogens is 205 g/mol. The average molecular weight is 223 g/mol. The molecule has 0 radical (unpaired) electrons. The Morgan fingerprint density at radius 1 is 1.38 bits per heavy atom. The topological polar surface area (TPSA) is 21.3 Å². The summed E-state index contributed by atoms with van der Waals surface area (Å²) in [7, 11) is 1.64. The zero-order valence-corrected chi connectivity index (χ0v) is 9.63. The van der Waals surface area contributed by atoms with E-state index < -0.39 is 0 Å². The molecule has 1 saturated heterocycles. The van der Waals surface area contributed by atoms with E-state index in [9.17, 15) is 4.39 Å². The molecule has 16 heavy (non-hydrogen) atoms. The number of benzene rings is 1. The maximum atomic E-state index is 13.4. The summed E-state index contributed by atoms with van der Waals surface area (Å²) in [6.45, 7) is 1.49. The van der Waals surface area contributed by atoms with E-state index in [1.54, 1.807) is 7.11 Å². The van der Waals surface area contributed by atoms with E-state index in [0.29, 0.717) is 0 Å². The van der Waals surface area contributed by atoms with Gasteiger partial charge in [0.05, 0.1) is 13.8 Å². The Labute approximate surface area is 95.8 Å². The SMILES string of the molecule is COc1cccc(C2(CF)CCNCC2)c1. The van der Waals surface area contributed by atoms with Gasteiger partial charge in [-0.2, -0.15) is 0 Å². The number of nitrogens with one attached hydrogen (secondary N) is 1. The van der Waals surface area contributed by atoms with Crippen molar-refractivity contribution < 1.29 is 9.13 Å². The molecule has 1 aliphatic rings. The van der Waals surface area contributed by atoms with Crippen molar-refractivity contribution in [1.29, 1.82) is 0 Å². The third kappa shape index (κ3) is 2.05. The number of hydrogen-bond donors (Lipinski definition) is 1. The summed E-state index contributed by atoms with van der Waals surface area (Å²) < 4.78 is 18.6. The second-order valence-electron chi connectivity index (χ2n) is 4.40. The van der Waals surface area contributed by atoms with Crippen LogP contribution >= 0.6 is 0 Å². The first kappa shape index (κ1) is 11.4. The van der Waals surface area contributed by atoms with E-state index in [2.05, 4.69) is 5.32 Å². The zero-order chi connectivity index (χ0) is 11.4. The van der Waals surface area contributed by atoms with Crippen LogP contribution in [0.4, 0.5) is 4.39 Å². The molecule has 88 valence electrons. The van der Waals surface area contributed by atoms with Gasteiger partial charge < -0.3 is 10.1 Å². The molecule has 1 N–H and O–H groups in total. The van der Waals surface area contributed by atoms with Crippen molar-refractivity contribution in [3.8, 4) is 5.75 Å². The van der Waals surface area contributed by atoms with Crippen molar-refractivity contribution >= 4 is 0 Å². The molecule has 0 aromatic heterocycles. The van der Waals surface area contributed by atoms with Gasteiger partial charge in [-0.15, -0.1) is 0 Å². The molecule has 2 nitrogen and oxygen atoms in total. The molecule has 1 fully saturated rings. The second kappa shape index (κ2) is 4.83. The van der Waals surface area contributed by atoms with Crippen LogP contribution in [0.3, 0.4) is 0 Å². The van der Waals surface area contributed by atoms with Gasteiger partial charge in [0.2, 0.25) is 0 Å². The Balaban J connectivity index is 2.31. The molecule has 0 bridgehead atoms. The van der Waals surface area contributed by atoms with Crippen molar-refractivity contribution in [2.45, 2.75) is 18.3 Å². The van der Waals surface area contributed by atoms with Crippen LogP contribution in [-0.2, 0) is 5.41 Å². The number of piperidine rings is 1. The van der Waals surface area contributed by atoms with E-state index in [-0.39, 0.29) is 12.1 Å². The molecule has 0 spiro atoms. The summed E-state index contributed by atoms with van der Waals surface area (Å²) in [5.74, 6) is 0.809. The second-order valence-corrected chi connectivity index (χ2v) is 4.40. The Morgan fingerprint density at radius 2 is 2.12 bits per heavy atom. The van der Waals surface area contributed by atoms with Crippen molar-refractivity contribution in [1.82, 2.24) is 5.32 Å². The maximum absolute atomic E-state index is 13.4. The minimum Gasteiger partial charge on any atom is -0.497 e. The zero-order valence-electron chi connectivity index (χ0n) is 9.63. The molecule has 1 aromatic carbocycles. The van der Waals surface area contributed by atoms with E-state index in [0.717, 1.165) is 37.2 Å². The Morgan fingerprint density at radius 3 is 2.75 bits per heavy atom. The number of alkyl halides is 1. The molecule has 0 atom stereocenters. The first-order chi connectivity index (χ1) is 7.80. The van der Waals surface area contributed by atoms with Crippen LogP contribution in [-0.4, -0.2) is 26.9 Å². The molecule has 0 unspecified atom stereocenters. The summed E-state index contributed by atoms with van der Waals surface area (Å²) in [6, 6.07) is 7.81. The Kier molecular flexibility index (Phi) is 3.44. The lowest BCUT2D eigenvalue weighted by Gasteiger charge is -2.35. The van der Waals surface area contributed by atoms with E-state index >= 15 is 0 Å². The quantitative estimate of drug-likeness (QED) is 0.849. The van der Waals surface area contributed by atoms with Crippen LogP contribution < -0.4 is 10.1 Å². The molecule has 0 saturated carbocycles. The fourth-order valence-corrected chi connectivity index (χ4v) is 2.36. The van der Waals surface area contributed by atoms with Crippen molar-refractivity contribution in [2.75, 3.05) is 26.9 Å². The summed E-state index contributed by atoms with van der Waals surface area (Å²) in [6.07, 6.45) is 1.72. The fourth-order valence-electron chi connectivity index (χ4n) is 2.36. The third-order valence-corrected chi connectivity index (χ3v) is 3.50.